The van der Waals surface area contributed by atoms with E-state index in [1.54, 1.807) is 23.9 Å². The molecular formula is C23H25Cl2N3O2S. The Balaban J connectivity index is 1.29. The fourth-order valence-electron chi connectivity index (χ4n) is 3.54. The molecule has 8 heteroatoms. The Kier molecular flexibility index (Phi) is 7.43. The minimum atomic E-state index is 0.0368. The van der Waals surface area contributed by atoms with E-state index in [1.165, 1.54) is 0 Å². The SMILES string of the molecule is O=C(CN1CCN(C(=O)c2cccc(CSc3cc(Cl)ccc3Cl)c2)CC1)NC1CC1. The number of thioether (sulfide) groups is 1. The second-order valence-electron chi connectivity index (χ2n) is 7.97. The molecule has 0 aromatic heterocycles. The van der Waals surface area contributed by atoms with Gasteiger partial charge in [0.15, 0.2) is 0 Å². The number of halogens is 2. The van der Waals surface area contributed by atoms with E-state index in [0.717, 1.165) is 23.3 Å². The molecule has 0 unspecified atom stereocenters. The molecule has 1 saturated carbocycles. The molecule has 1 aliphatic heterocycles. The van der Waals surface area contributed by atoms with Gasteiger partial charge in [-0.2, -0.15) is 0 Å². The van der Waals surface area contributed by atoms with E-state index in [9.17, 15) is 9.59 Å². The molecule has 0 bridgehead atoms. The molecule has 2 amide bonds. The normalized spacial score (nSPS) is 16.9. The molecular weight excluding hydrogens is 453 g/mol. The standard InChI is InChI=1S/C23H25Cl2N3O2S/c24-18-4-7-20(25)21(13-18)31-15-16-2-1-3-17(12-16)23(30)28-10-8-27(9-11-28)14-22(29)26-19-5-6-19/h1-4,7,12-13,19H,5-6,8-11,14-15H2,(H,26,29). The summed E-state index contributed by atoms with van der Waals surface area (Å²) in [4.78, 5) is 29.9. The van der Waals surface area contributed by atoms with Gasteiger partial charge in [0.05, 0.1) is 11.6 Å². The van der Waals surface area contributed by atoms with Gasteiger partial charge in [-0.1, -0.05) is 35.3 Å². The molecule has 5 nitrogen and oxygen atoms in total. The van der Waals surface area contributed by atoms with Gasteiger partial charge in [-0.3, -0.25) is 14.5 Å². The van der Waals surface area contributed by atoms with E-state index in [4.69, 9.17) is 23.2 Å². The summed E-state index contributed by atoms with van der Waals surface area (Å²) < 4.78 is 0. The third-order valence-corrected chi connectivity index (χ3v) is 7.23. The van der Waals surface area contributed by atoms with Crippen LogP contribution in [-0.2, 0) is 10.5 Å². The topological polar surface area (TPSA) is 52.7 Å². The maximum Gasteiger partial charge on any atom is 0.253 e. The van der Waals surface area contributed by atoms with Crippen LogP contribution in [0, 0.1) is 0 Å². The summed E-state index contributed by atoms with van der Waals surface area (Å²) in [5.41, 5.74) is 1.75. The molecule has 2 aliphatic rings. The molecule has 0 radical (unpaired) electrons. The van der Waals surface area contributed by atoms with Gasteiger partial charge in [-0.25, -0.2) is 0 Å². The second kappa shape index (κ2) is 10.3. The molecule has 2 aromatic carbocycles. The van der Waals surface area contributed by atoms with Crippen LogP contribution in [0.4, 0.5) is 0 Å². The highest BCUT2D eigenvalue weighted by molar-refractivity contribution is 7.98. The van der Waals surface area contributed by atoms with E-state index < -0.39 is 0 Å². The van der Waals surface area contributed by atoms with Crippen LogP contribution >= 0.6 is 35.0 Å². The Morgan fingerprint density at radius 3 is 2.55 bits per heavy atom. The first-order valence-electron chi connectivity index (χ1n) is 10.5. The lowest BCUT2D eigenvalue weighted by atomic mass is 10.1. The number of carbonyl (C=O) groups excluding carboxylic acids is 2. The van der Waals surface area contributed by atoms with Crippen molar-refractivity contribution < 1.29 is 9.59 Å². The first-order valence-corrected chi connectivity index (χ1v) is 12.2. The first-order chi connectivity index (χ1) is 15.0. The van der Waals surface area contributed by atoms with Gasteiger partial charge in [-0.15, -0.1) is 11.8 Å². The molecule has 1 N–H and O–H groups in total. The molecule has 2 aromatic rings. The number of amides is 2. The summed E-state index contributed by atoms with van der Waals surface area (Å²) in [7, 11) is 0. The Bertz CT molecular complexity index is 960. The quantitative estimate of drug-likeness (QED) is 0.603. The fraction of sp³-hybridized carbons (Fsp3) is 0.391. The zero-order chi connectivity index (χ0) is 21.8. The Labute approximate surface area is 197 Å². The van der Waals surface area contributed by atoms with Crippen molar-refractivity contribution in [1.29, 1.82) is 0 Å². The van der Waals surface area contributed by atoms with Crippen LogP contribution in [0.2, 0.25) is 10.0 Å². The lowest BCUT2D eigenvalue weighted by Gasteiger charge is -2.34. The van der Waals surface area contributed by atoms with Gasteiger partial charge in [0.2, 0.25) is 5.91 Å². The number of hydrogen-bond acceptors (Lipinski definition) is 4. The average Bonchev–Trinajstić information content (AvgIpc) is 3.58. The smallest absolute Gasteiger partial charge is 0.253 e. The predicted octanol–water partition coefficient (Wildman–Crippen LogP) is 4.32. The monoisotopic (exact) mass is 477 g/mol. The summed E-state index contributed by atoms with van der Waals surface area (Å²) in [6.45, 7) is 3.11. The van der Waals surface area contributed by atoms with Crippen molar-refractivity contribution >= 4 is 46.8 Å². The van der Waals surface area contributed by atoms with Crippen LogP contribution in [0.5, 0.6) is 0 Å². The van der Waals surface area contributed by atoms with Gasteiger partial charge in [0.25, 0.3) is 5.91 Å². The molecule has 4 rings (SSSR count). The van der Waals surface area contributed by atoms with Crippen LogP contribution in [0.3, 0.4) is 0 Å². The minimum absolute atomic E-state index is 0.0368. The van der Waals surface area contributed by atoms with Crippen molar-refractivity contribution in [1.82, 2.24) is 15.1 Å². The van der Waals surface area contributed by atoms with Gasteiger partial charge in [0, 0.05) is 53.5 Å². The van der Waals surface area contributed by atoms with Crippen LogP contribution in [-0.4, -0.2) is 60.4 Å². The zero-order valence-corrected chi connectivity index (χ0v) is 19.5. The number of rotatable bonds is 7. The molecule has 164 valence electrons. The number of carbonyl (C=O) groups is 2. The summed E-state index contributed by atoms with van der Waals surface area (Å²) in [6.07, 6.45) is 2.19. The maximum atomic E-state index is 13.0. The van der Waals surface area contributed by atoms with Crippen molar-refractivity contribution in [2.75, 3.05) is 32.7 Å². The van der Waals surface area contributed by atoms with Gasteiger partial charge in [0.1, 0.15) is 0 Å². The largest absolute Gasteiger partial charge is 0.352 e. The van der Waals surface area contributed by atoms with Gasteiger partial charge >= 0.3 is 0 Å². The highest BCUT2D eigenvalue weighted by Crippen LogP contribution is 2.32. The molecule has 2 fully saturated rings. The number of nitrogens with one attached hydrogen (secondary N) is 1. The van der Waals surface area contributed by atoms with E-state index in [2.05, 4.69) is 10.2 Å². The number of benzene rings is 2. The third-order valence-electron chi connectivity index (χ3n) is 5.43. The fourth-order valence-corrected chi connectivity index (χ4v) is 4.97. The molecule has 0 spiro atoms. The summed E-state index contributed by atoms with van der Waals surface area (Å²) in [6, 6.07) is 13.5. The van der Waals surface area contributed by atoms with E-state index in [1.807, 2.05) is 35.2 Å². The van der Waals surface area contributed by atoms with E-state index in [0.29, 0.717) is 60.1 Å². The predicted molar refractivity (Wildman–Crippen MR) is 126 cm³/mol. The highest BCUT2D eigenvalue weighted by Gasteiger charge is 2.26. The number of piperazine rings is 1. The molecule has 1 aliphatic carbocycles. The molecule has 1 saturated heterocycles. The van der Waals surface area contributed by atoms with Gasteiger partial charge in [-0.05, 0) is 48.7 Å². The Morgan fingerprint density at radius 1 is 1.03 bits per heavy atom. The Morgan fingerprint density at radius 2 is 1.81 bits per heavy atom. The van der Waals surface area contributed by atoms with Crippen LogP contribution in [0.1, 0.15) is 28.8 Å². The molecule has 1 heterocycles. The summed E-state index contributed by atoms with van der Waals surface area (Å²) >= 11 is 13.9. The Hall–Kier alpha value is -1.73. The average molecular weight is 478 g/mol. The van der Waals surface area contributed by atoms with E-state index in [-0.39, 0.29) is 11.8 Å². The lowest BCUT2D eigenvalue weighted by Crippen LogP contribution is -2.51. The van der Waals surface area contributed by atoms with Crippen molar-refractivity contribution in [3.8, 4) is 0 Å². The van der Waals surface area contributed by atoms with Crippen molar-refractivity contribution in [2.45, 2.75) is 29.5 Å². The van der Waals surface area contributed by atoms with Crippen LogP contribution in [0.15, 0.2) is 47.4 Å². The summed E-state index contributed by atoms with van der Waals surface area (Å²) in [5.74, 6) is 0.826. The number of nitrogens with zero attached hydrogens (tertiary/aromatic N) is 2. The minimum Gasteiger partial charge on any atom is -0.352 e. The van der Waals surface area contributed by atoms with Crippen molar-refractivity contribution in [3.05, 3.63) is 63.6 Å². The maximum absolute atomic E-state index is 13.0. The lowest BCUT2D eigenvalue weighted by molar-refractivity contribution is -0.122. The van der Waals surface area contributed by atoms with Crippen LogP contribution in [0.25, 0.3) is 0 Å². The first kappa shape index (κ1) is 22.5. The second-order valence-corrected chi connectivity index (χ2v) is 9.83. The molecule has 31 heavy (non-hydrogen) atoms. The third kappa shape index (κ3) is 6.39. The highest BCUT2D eigenvalue weighted by atomic mass is 35.5. The van der Waals surface area contributed by atoms with Crippen molar-refractivity contribution in [3.63, 3.8) is 0 Å². The van der Waals surface area contributed by atoms with Crippen LogP contribution < -0.4 is 5.32 Å². The number of hydrogen-bond donors (Lipinski definition) is 1. The van der Waals surface area contributed by atoms with Crippen molar-refractivity contribution in [2.24, 2.45) is 0 Å². The zero-order valence-electron chi connectivity index (χ0n) is 17.2. The van der Waals surface area contributed by atoms with Gasteiger partial charge < -0.3 is 10.2 Å². The molecule has 0 atom stereocenters. The summed E-state index contributed by atoms with van der Waals surface area (Å²) in [5, 5.41) is 4.34. The van der Waals surface area contributed by atoms with E-state index >= 15 is 0 Å².